The molecule has 1 aromatic heterocycles. The molecular weight excluding hydrogens is 264 g/mol. The van der Waals surface area contributed by atoms with E-state index in [0.717, 1.165) is 11.3 Å². The summed E-state index contributed by atoms with van der Waals surface area (Å²) in [6, 6.07) is 7.71. The quantitative estimate of drug-likeness (QED) is 0.843. The van der Waals surface area contributed by atoms with Gasteiger partial charge in [-0.15, -0.1) is 22.0 Å². The first-order valence-electron chi connectivity index (χ1n) is 5.72. The normalized spacial score (nSPS) is 18.9. The summed E-state index contributed by atoms with van der Waals surface area (Å²) in [4.78, 5) is 12.0. The molecule has 3 rings (SSSR count). The van der Waals surface area contributed by atoms with Gasteiger partial charge in [-0.2, -0.15) is 0 Å². The number of carbonyl (C=O) groups excluding carboxylic acids is 1. The molecule has 19 heavy (non-hydrogen) atoms. The highest BCUT2D eigenvalue weighted by Crippen LogP contribution is 2.37. The molecule has 1 amide bonds. The number of benzene rings is 1. The predicted octanol–water partition coefficient (Wildman–Crippen LogP) is 1.20. The molecule has 7 heteroatoms. The Balaban J connectivity index is 1.92. The van der Waals surface area contributed by atoms with E-state index in [0.29, 0.717) is 5.75 Å². The van der Waals surface area contributed by atoms with Crippen LogP contribution in [-0.2, 0) is 4.79 Å². The summed E-state index contributed by atoms with van der Waals surface area (Å²) >= 11 is 1.58. The highest BCUT2D eigenvalue weighted by atomic mass is 32.2. The lowest BCUT2D eigenvalue weighted by Crippen LogP contribution is -2.37. The van der Waals surface area contributed by atoms with Crippen molar-refractivity contribution in [2.45, 2.75) is 5.37 Å². The van der Waals surface area contributed by atoms with E-state index >= 15 is 0 Å². The molecule has 1 aromatic carbocycles. The third kappa shape index (κ3) is 2.17. The van der Waals surface area contributed by atoms with E-state index in [9.17, 15) is 4.79 Å². The lowest BCUT2D eigenvalue weighted by Gasteiger charge is -2.23. The van der Waals surface area contributed by atoms with Crippen LogP contribution in [0.1, 0.15) is 10.9 Å². The monoisotopic (exact) mass is 276 g/mol. The number of thioether (sulfide) groups is 1. The number of nitrogens with zero attached hydrogens (tertiary/aromatic N) is 4. The zero-order valence-electron chi connectivity index (χ0n) is 10.3. The van der Waals surface area contributed by atoms with E-state index < -0.39 is 0 Å². The van der Waals surface area contributed by atoms with Gasteiger partial charge in [0.25, 0.3) is 5.91 Å². The molecule has 98 valence electrons. The van der Waals surface area contributed by atoms with Crippen molar-refractivity contribution >= 4 is 17.7 Å². The van der Waals surface area contributed by atoms with Crippen LogP contribution in [0.3, 0.4) is 0 Å². The van der Waals surface area contributed by atoms with E-state index in [2.05, 4.69) is 10.2 Å². The summed E-state index contributed by atoms with van der Waals surface area (Å²) in [6.07, 6.45) is 3.06. The number of rotatable bonds is 3. The first-order chi connectivity index (χ1) is 9.29. The van der Waals surface area contributed by atoms with Gasteiger partial charge in [0.1, 0.15) is 23.8 Å². The van der Waals surface area contributed by atoms with Crippen molar-refractivity contribution in [3.8, 4) is 5.75 Å². The van der Waals surface area contributed by atoms with Crippen molar-refractivity contribution in [3.63, 3.8) is 0 Å². The van der Waals surface area contributed by atoms with E-state index in [-0.39, 0.29) is 11.3 Å². The smallest absolute Gasteiger partial charge is 0.252 e. The van der Waals surface area contributed by atoms with Crippen LogP contribution in [0, 0.1) is 0 Å². The predicted molar refractivity (Wildman–Crippen MR) is 71.4 cm³/mol. The molecule has 1 saturated heterocycles. The number of hydrogen-bond acceptors (Lipinski definition) is 5. The highest BCUT2D eigenvalue weighted by molar-refractivity contribution is 8.00. The maximum atomic E-state index is 12.0. The van der Waals surface area contributed by atoms with Gasteiger partial charge in [-0.1, -0.05) is 12.1 Å². The fraction of sp³-hybridized carbons (Fsp3) is 0.250. The van der Waals surface area contributed by atoms with Crippen molar-refractivity contribution in [2.75, 3.05) is 17.9 Å². The average molecular weight is 276 g/mol. The molecule has 1 aliphatic heterocycles. The van der Waals surface area contributed by atoms with Gasteiger partial charge in [-0.3, -0.25) is 4.79 Å². The van der Waals surface area contributed by atoms with E-state index in [1.807, 2.05) is 24.3 Å². The minimum absolute atomic E-state index is 0.0469. The van der Waals surface area contributed by atoms with Crippen LogP contribution in [0.4, 0.5) is 0 Å². The summed E-state index contributed by atoms with van der Waals surface area (Å²) < 4.78 is 6.76. The molecule has 0 aliphatic carbocycles. The van der Waals surface area contributed by atoms with Crippen molar-refractivity contribution in [2.24, 2.45) is 0 Å². The van der Waals surface area contributed by atoms with Gasteiger partial charge in [0.2, 0.25) is 0 Å². The Labute approximate surface area is 114 Å². The molecule has 1 fully saturated rings. The molecule has 1 unspecified atom stereocenters. The Morgan fingerprint density at radius 3 is 2.58 bits per heavy atom. The molecule has 1 aliphatic rings. The summed E-state index contributed by atoms with van der Waals surface area (Å²) in [5.74, 6) is 1.30. The summed E-state index contributed by atoms with van der Waals surface area (Å²) in [6.45, 7) is 0. The van der Waals surface area contributed by atoms with E-state index in [1.165, 1.54) is 12.7 Å². The number of carbonyl (C=O) groups is 1. The van der Waals surface area contributed by atoms with Crippen molar-refractivity contribution < 1.29 is 9.53 Å². The van der Waals surface area contributed by atoms with E-state index in [4.69, 9.17) is 4.74 Å². The second-order valence-corrected chi connectivity index (χ2v) is 5.09. The third-order valence-corrected chi connectivity index (χ3v) is 4.10. The fourth-order valence-electron chi connectivity index (χ4n) is 1.98. The second-order valence-electron chi connectivity index (χ2n) is 4.02. The van der Waals surface area contributed by atoms with Crippen LogP contribution in [0.25, 0.3) is 0 Å². The summed E-state index contributed by atoms with van der Waals surface area (Å²) in [5, 5.41) is 9.09. The standard InChI is InChI=1S/C12H12N4O2S/c1-18-10-4-2-9(3-5-10)12-16(11(17)6-19-12)15-7-13-14-8-15/h2-5,7-8,12H,6H2,1H3. The number of ether oxygens (including phenoxy) is 1. The van der Waals surface area contributed by atoms with Crippen LogP contribution in [-0.4, -0.2) is 33.6 Å². The van der Waals surface area contributed by atoms with Gasteiger partial charge in [-0.05, 0) is 17.7 Å². The first kappa shape index (κ1) is 12.0. The molecule has 2 heterocycles. The molecule has 2 aromatic rings. The number of aromatic nitrogens is 3. The molecule has 0 radical (unpaired) electrons. The lowest BCUT2D eigenvalue weighted by atomic mass is 10.2. The molecule has 6 nitrogen and oxygen atoms in total. The van der Waals surface area contributed by atoms with Crippen molar-refractivity contribution in [1.29, 1.82) is 0 Å². The van der Waals surface area contributed by atoms with Gasteiger partial charge in [0.05, 0.1) is 12.9 Å². The van der Waals surface area contributed by atoms with Crippen LogP contribution in [0.15, 0.2) is 36.9 Å². The van der Waals surface area contributed by atoms with Gasteiger partial charge in [0, 0.05) is 0 Å². The zero-order chi connectivity index (χ0) is 13.2. The van der Waals surface area contributed by atoms with Gasteiger partial charge in [0.15, 0.2) is 0 Å². The molecule has 0 spiro atoms. The van der Waals surface area contributed by atoms with Gasteiger partial charge >= 0.3 is 0 Å². The summed E-state index contributed by atoms with van der Waals surface area (Å²) in [7, 11) is 1.63. The largest absolute Gasteiger partial charge is 0.497 e. The average Bonchev–Trinajstić information content (AvgIpc) is 3.08. The number of amides is 1. The summed E-state index contributed by atoms with van der Waals surface area (Å²) in [5.41, 5.74) is 1.05. The Bertz CT molecular complexity index is 570. The lowest BCUT2D eigenvalue weighted by molar-refractivity contribution is -0.117. The molecule has 0 saturated carbocycles. The minimum atomic E-state index is -0.0607. The SMILES string of the molecule is COc1ccc(C2SCC(=O)N2n2cnnc2)cc1. The van der Waals surface area contributed by atoms with Gasteiger partial charge in [-0.25, -0.2) is 9.69 Å². The molecule has 1 atom stereocenters. The maximum absolute atomic E-state index is 12.0. The van der Waals surface area contributed by atoms with E-state index in [1.54, 1.807) is 28.6 Å². The van der Waals surface area contributed by atoms with Crippen molar-refractivity contribution in [1.82, 2.24) is 14.9 Å². The van der Waals surface area contributed by atoms with Gasteiger partial charge < -0.3 is 4.74 Å². The molecule has 0 bridgehead atoms. The zero-order valence-corrected chi connectivity index (χ0v) is 11.1. The highest BCUT2D eigenvalue weighted by Gasteiger charge is 2.34. The first-order valence-corrected chi connectivity index (χ1v) is 6.77. The number of hydrogen-bond donors (Lipinski definition) is 0. The fourth-order valence-corrected chi connectivity index (χ4v) is 3.13. The Morgan fingerprint density at radius 1 is 1.26 bits per heavy atom. The Morgan fingerprint density at radius 2 is 1.95 bits per heavy atom. The van der Waals surface area contributed by atoms with Crippen molar-refractivity contribution in [3.05, 3.63) is 42.5 Å². The topological polar surface area (TPSA) is 60.2 Å². The molecule has 0 N–H and O–H groups in total. The van der Waals surface area contributed by atoms with Crippen LogP contribution >= 0.6 is 11.8 Å². The minimum Gasteiger partial charge on any atom is -0.497 e. The second kappa shape index (κ2) is 4.93. The number of methoxy groups -OCH3 is 1. The molecular formula is C12H12N4O2S. The van der Waals surface area contributed by atoms with Crippen LogP contribution in [0.2, 0.25) is 0 Å². The Kier molecular flexibility index (Phi) is 3.12. The van der Waals surface area contributed by atoms with Crippen LogP contribution < -0.4 is 9.75 Å². The maximum Gasteiger partial charge on any atom is 0.252 e. The Hall–Kier alpha value is -2.02. The van der Waals surface area contributed by atoms with Crippen LogP contribution in [0.5, 0.6) is 5.75 Å². The third-order valence-electron chi connectivity index (χ3n) is 2.90.